The van der Waals surface area contributed by atoms with Gasteiger partial charge in [-0.1, -0.05) is 41.9 Å². The summed E-state index contributed by atoms with van der Waals surface area (Å²) >= 11 is 6.03. The number of carbonyl (C=O) groups excluding carboxylic acids is 1. The fourth-order valence-electron chi connectivity index (χ4n) is 5.29. The first-order valence-corrected chi connectivity index (χ1v) is 12.9. The number of aryl methyl sites for hydroxylation is 1. The molecule has 0 atom stereocenters. The number of hydrogen-bond acceptors (Lipinski definition) is 4. The number of rotatable bonds is 6. The minimum Gasteiger partial charge on any atom is -0.349 e. The maximum Gasteiger partial charge on any atom is 0.329 e. The molecule has 5 rings (SSSR count). The van der Waals surface area contributed by atoms with Gasteiger partial charge in [0.1, 0.15) is 0 Å². The van der Waals surface area contributed by atoms with E-state index in [0.29, 0.717) is 40.9 Å². The zero-order valence-corrected chi connectivity index (χ0v) is 21.4. The van der Waals surface area contributed by atoms with Crippen LogP contribution in [0.3, 0.4) is 0 Å². The van der Waals surface area contributed by atoms with E-state index in [2.05, 4.69) is 16.4 Å². The molecule has 1 aliphatic rings. The number of aromatic nitrogens is 3. The highest BCUT2D eigenvalue weighted by atomic mass is 35.5. The lowest BCUT2D eigenvalue weighted by Gasteiger charge is -2.29. The second kappa shape index (κ2) is 10.6. The van der Waals surface area contributed by atoms with Gasteiger partial charge in [0.2, 0.25) is 0 Å². The first kappa shape index (κ1) is 24.8. The third-order valence-corrected chi connectivity index (χ3v) is 7.52. The van der Waals surface area contributed by atoms with Crippen LogP contribution in [0.2, 0.25) is 5.02 Å². The van der Waals surface area contributed by atoms with Gasteiger partial charge in [0.25, 0.3) is 5.91 Å². The third kappa shape index (κ3) is 5.16. The Morgan fingerprint density at radius 3 is 2.49 bits per heavy atom. The number of halogens is 1. The molecule has 8 heteroatoms. The zero-order chi connectivity index (χ0) is 25.9. The number of carbonyl (C=O) groups is 1. The molecule has 1 N–H and O–H groups in total. The van der Waals surface area contributed by atoms with Crippen molar-refractivity contribution < 1.29 is 4.79 Å². The maximum absolute atomic E-state index is 13.6. The van der Waals surface area contributed by atoms with Crippen LogP contribution in [0.15, 0.2) is 65.6 Å². The van der Waals surface area contributed by atoms with Crippen LogP contribution in [-0.2, 0) is 13.1 Å². The molecular formula is C29H28ClN5O2. The van der Waals surface area contributed by atoms with E-state index in [1.807, 2.05) is 47.0 Å². The van der Waals surface area contributed by atoms with Crippen LogP contribution in [0.25, 0.3) is 11.0 Å². The Morgan fingerprint density at radius 2 is 1.76 bits per heavy atom. The molecule has 0 saturated heterocycles. The maximum atomic E-state index is 13.6. The summed E-state index contributed by atoms with van der Waals surface area (Å²) in [5, 5.41) is 13.1. The van der Waals surface area contributed by atoms with Gasteiger partial charge in [0.05, 0.1) is 45.5 Å². The van der Waals surface area contributed by atoms with E-state index in [-0.39, 0.29) is 17.6 Å². The molecule has 188 valence electrons. The van der Waals surface area contributed by atoms with E-state index in [1.165, 1.54) is 0 Å². The van der Waals surface area contributed by atoms with Crippen molar-refractivity contribution in [2.24, 2.45) is 5.92 Å². The average Bonchev–Trinajstić information content (AvgIpc) is 3.17. The van der Waals surface area contributed by atoms with E-state index < -0.39 is 0 Å². The first-order valence-electron chi connectivity index (χ1n) is 12.5. The Labute approximate surface area is 220 Å². The molecule has 2 aromatic carbocycles. The predicted octanol–water partition coefficient (Wildman–Crippen LogP) is 5.07. The summed E-state index contributed by atoms with van der Waals surface area (Å²) in [6.45, 7) is 2.78. The lowest BCUT2D eigenvalue weighted by atomic mass is 9.85. The topological polar surface area (TPSA) is 92.7 Å². The molecule has 1 aliphatic carbocycles. The van der Waals surface area contributed by atoms with Gasteiger partial charge in [-0.2, -0.15) is 5.26 Å². The second-order valence-corrected chi connectivity index (χ2v) is 10.2. The molecule has 1 saturated carbocycles. The van der Waals surface area contributed by atoms with Crippen molar-refractivity contribution in [3.05, 3.63) is 98.7 Å². The molecule has 0 spiro atoms. The summed E-state index contributed by atoms with van der Waals surface area (Å²) in [7, 11) is 0. The van der Waals surface area contributed by atoms with Crippen LogP contribution in [0.4, 0.5) is 0 Å². The summed E-state index contributed by atoms with van der Waals surface area (Å²) in [5.41, 5.74) is 4.28. The highest BCUT2D eigenvalue weighted by molar-refractivity contribution is 6.30. The minimum atomic E-state index is -0.145. The number of pyridine rings is 1. The normalized spacial score (nSPS) is 17.4. The number of nitrogens with zero attached hydrogens (tertiary/aromatic N) is 4. The van der Waals surface area contributed by atoms with Gasteiger partial charge in [-0.05, 0) is 68.4 Å². The molecule has 2 heterocycles. The molecule has 1 amide bonds. The molecule has 1 fully saturated rings. The number of imidazole rings is 1. The van der Waals surface area contributed by atoms with Crippen molar-refractivity contribution in [2.75, 3.05) is 0 Å². The van der Waals surface area contributed by atoms with Crippen molar-refractivity contribution in [3.63, 3.8) is 0 Å². The van der Waals surface area contributed by atoms with Crippen LogP contribution in [-0.4, -0.2) is 26.1 Å². The fourth-order valence-corrected chi connectivity index (χ4v) is 5.45. The van der Waals surface area contributed by atoms with E-state index in [9.17, 15) is 14.9 Å². The Bertz CT molecular complexity index is 1560. The molecular weight excluding hydrogens is 486 g/mol. The van der Waals surface area contributed by atoms with Crippen LogP contribution < -0.4 is 11.0 Å². The van der Waals surface area contributed by atoms with E-state index in [4.69, 9.17) is 11.6 Å². The Kier molecular flexibility index (Phi) is 7.11. The van der Waals surface area contributed by atoms with Gasteiger partial charge in [-0.3, -0.25) is 18.9 Å². The molecule has 0 unspecified atom stereocenters. The Morgan fingerprint density at radius 1 is 1.08 bits per heavy atom. The SMILES string of the molecule is Cc1ncc(Cl)cc1C(=O)N[C@H]1CC[C@H](Cn2c(=O)n(Cc3ccccc3C#N)c3ccccc32)CC1. The van der Waals surface area contributed by atoms with Crippen LogP contribution in [0.1, 0.15) is 52.9 Å². The number of amides is 1. The lowest BCUT2D eigenvalue weighted by molar-refractivity contribution is 0.0919. The quantitative estimate of drug-likeness (QED) is 0.389. The zero-order valence-electron chi connectivity index (χ0n) is 20.7. The van der Waals surface area contributed by atoms with Gasteiger partial charge in [0.15, 0.2) is 0 Å². The highest BCUT2D eigenvalue weighted by Crippen LogP contribution is 2.27. The summed E-state index contributed by atoms with van der Waals surface area (Å²) < 4.78 is 3.63. The Hall–Kier alpha value is -3.89. The highest BCUT2D eigenvalue weighted by Gasteiger charge is 2.25. The fraction of sp³-hybridized carbons (Fsp3) is 0.310. The van der Waals surface area contributed by atoms with Crippen LogP contribution in [0, 0.1) is 24.2 Å². The second-order valence-electron chi connectivity index (χ2n) is 9.71. The number of nitriles is 1. The summed E-state index contributed by atoms with van der Waals surface area (Å²) in [5.74, 6) is 0.193. The van der Waals surface area contributed by atoms with Crippen molar-refractivity contribution in [1.82, 2.24) is 19.4 Å². The van der Waals surface area contributed by atoms with Crippen molar-refractivity contribution in [1.29, 1.82) is 5.26 Å². The average molecular weight is 514 g/mol. The largest absolute Gasteiger partial charge is 0.349 e. The van der Waals surface area contributed by atoms with Crippen molar-refractivity contribution >= 4 is 28.5 Å². The minimum absolute atomic E-state index is 0.0618. The summed E-state index contributed by atoms with van der Waals surface area (Å²) in [6, 6.07) is 19.2. The molecule has 7 nitrogen and oxygen atoms in total. The molecule has 4 aromatic rings. The molecule has 0 radical (unpaired) electrons. The summed E-state index contributed by atoms with van der Waals surface area (Å²) in [6.07, 6.45) is 5.08. The van der Waals surface area contributed by atoms with Crippen molar-refractivity contribution in [2.45, 2.75) is 51.7 Å². The number of nitrogens with one attached hydrogen (secondary N) is 1. The van der Waals surface area contributed by atoms with Gasteiger partial charge < -0.3 is 5.32 Å². The molecule has 0 bridgehead atoms. The van der Waals surface area contributed by atoms with Crippen LogP contribution in [0.5, 0.6) is 0 Å². The predicted molar refractivity (Wildman–Crippen MR) is 144 cm³/mol. The molecule has 0 aliphatic heterocycles. The number of hydrogen-bond donors (Lipinski definition) is 1. The Balaban J connectivity index is 1.30. The van der Waals surface area contributed by atoms with Gasteiger partial charge in [-0.15, -0.1) is 0 Å². The van der Waals surface area contributed by atoms with Crippen molar-refractivity contribution in [3.8, 4) is 6.07 Å². The van der Waals surface area contributed by atoms with E-state index in [1.54, 1.807) is 29.8 Å². The monoisotopic (exact) mass is 513 g/mol. The van der Waals surface area contributed by atoms with Gasteiger partial charge >= 0.3 is 5.69 Å². The van der Waals surface area contributed by atoms with Gasteiger partial charge in [-0.25, -0.2) is 4.79 Å². The smallest absolute Gasteiger partial charge is 0.329 e. The van der Waals surface area contributed by atoms with Gasteiger partial charge in [0, 0.05) is 18.8 Å². The first-order chi connectivity index (χ1) is 17.9. The number of benzene rings is 2. The summed E-state index contributed by atoms with van der Waals surface area (Å²) in [4.78, 5) is 30.5. The van der Waals surface area contributed by atoms with Crippen LogP contribution >= 0.6 is 11.6 Å². The standard InChI is InChI=1S/C29H28ClN5O2/c1-19-25(14-23(30)16-32-19)28(36)33-24-12-10-20(11-13-24)17-34-26-8-4-5-9-27(26)35(29(34)37)18-22-7-3-2-6-21(22)15-31/h2-9,14,16,20,24H,10-13,17-18H2,1H3,(H,33,36)/t20-,24-. The van der Waals surface area contributed by atoms with E-state index in [0.717, 1.165) is 42.3 Å². The third-order valence-electron chi connectivity index (χ3n) is 7.31. The number of fused-ring (bicyclic) bond motifs is 1. The number of para-hydroxylation sites is 2. The van der Waals surface area contributed by atoms with E-state index >= 15 is 0 Å². The molecule has 2 aromatic heterocycles. The molecule has 37 heavy (non-hydrogen) atoms. The lowest BCUT2D eigenvalue weighted by Crippen LogP contribution is -2.39.